The van der Waals surface area contributed by atoms with Gasteiger partial charge >= 0.3 is 0 Å². The monoisotopic (exact) mass is 255 g/mol. The van der Waals surface area contributed by atoms with Crippen LogP contribution < -0.4 is 5.32 Å². The van der Waals surface area contributed by atoms with Gasteiger partial charge in [-0.1, -0.05) is 0 Å². The molecule has 4 heteroatoms. The Labute approximate surface area is 106 Å². The van der Waals surface area contributed by atoms with Crippen molar-refractivity contribution in [2.75, 3.05) is 5.32 Å². The van der Waals surface area contributed by atoms with E-state index in [0.29, 0.717) is 5.56 Å². The van der Waals surface area contributed by atoms with Crippen LogP contribution in [-0.2, 0) is 4.74 Å². The van der Waals surface area contributed by atoms with E-state index in [1.54, 1.807) is 6.92 Å². The summed E-state index contributed by atoms with van der Waals surface area (Å²) in [5, 5.41) is 3.08. The highest BCUT2D eigenvalue weighted by atomic mass is 19.1. The summed E-state index contributed by atoms with van der Waals surface area (Å²) in [6.07, 6.45) is 1.90. The fourth-order valence-electron chi connectivity index (χ4n) is 2.50. The maximum absolute atomic E-state index is 13.7. The first-order chi connectivity index (χ1) is 8.45. The van der Waals surface area contributed by atoms with Gasteiger partial charge in [0.2, 0.25) is 0 Å². The van der Waals surface area contributed by atoms with Gasteiger partial charge in [0.1, 0.15) is 11.6 Å². The summed E-state index contributed by atoms with van der Waals surface area (Å²) in [6.45, 7) is 5.55. The van der Waals surface area contributed by atoms with Crippen LogP contribution in [0.15, 0.2) is 12.1 Å². The van der Waals surface area contributed by atoms with Gasteiger partial charge in [0.15, 0.2) is 0 Å². The molecular weight excluding hydrogens is 236 g/mol. The minimum absolute atomic E-state index is 0.125. The van der Waals surface area contributed by atoms with E-state index >= 15 is 0 Å². The first-order valence-electron chi connectivity index (χ1n) is 6.33. The number of benzene rings is 1. The van der Waals surface area contributed by atoms with Crippen molar-refractivity contribution in [2.24, 2.45) is 0 Å². The van der Waals surface area contributed by atoms with E-state index in [-0.39, 0.29) is 29.8 Å². The normalized spacial score (nSPS) is 28.2. The molecule has 1 aliphatic heterocycles. The van der Waals surface area contributed by atoms with Crippen molar-refractivity contribution in [1.29, 1.82) is 0 Å². The van der Waals surface area contributed by atoms with Crippen LogP contribution in [0.2, 0.25) is 0 Å². The molecule has 1 heterocycles. The molecule has 1 saturated heterocycles. The minimum Gasteiger partial charge on any atom is -0.380 e. The lowest BCUT2D eigenvalue weighted by atomic mass is 9.99. The molecule has 1 aromatic carbocycles. The van der Waals surface area contributed by atoms with Gasteiger partial charge in [-0.3, -0.25) is 0 Å². The Bertz CT molecular complexity index is 426. The molecule has 1 fully saturated rings. The number of ether oxygens (including phenoxy) is 1. The topological polar surface area (TPSA) is 21.3 Å². The Kier molecular flexibility index (Phi) is 3.85. The average molecular weight is 255 g/mol. The molecule has 0 aliphatic carbocycles. The predicted molar refractivity (Wildman–Crippen MR) is 67.7 cm³/mol. The fourth-order valence-corrected chi connectivity index (χ4v) is 2.50. The van der Waals surface area contributed by atoms with Crippen LogP contribution in [0.1, 0.15) is 32.3 Å². The smallest absolute Gasteiger partial charge is 0.146 e. The van der Waals surface area contributed by atoms with E-state index < -0.39 is 5.82 Å². The third kappa shape index (κ3) is 2.99. The van der Waals surface area contributed by atoms with Crippen LogP contribution in [0.3, 0.4) is 0 Å². The highest BCUT2D eigenvalue weighted by Gasteiger charge is 2.25. The zero-order valence-corrected chi connectivity index (χ0v) is 11.0. The van der Waals surface area contributed by atoms with Crippen LogP contribution in [0.4, 0.5) is 14.5 Å². The maximum atomic E-state index is 13.7. The molecule has 0 bridgehead atoms. The van der Waals surface area contributed by atoms with Crippen LogP contribution in [0, 0.1) is 18.6 Å². The van der Waals surface area contributed by atoms with Crippen molar-refractivity contribution in [1.82, 2.24) is 0 Å². The Morgan fingerprint density at radius 1 is 1.11 bits per heavy atom. The van der Waals surface area contributed by atoms with Gasteiger partial charge in [0, 0.05) is 12.1 Å². The first-order valence-corrected chi connectivity index (χ1v) is 6.33. The lowest BCUT2D eigenvalue weighted by Crippen LogP contribution is -2.37. The largest absolute Gasteiger partial charge is 0.380 e. The summed E-state index contributed by atoms with van der Waals surface area (Å²) >= 11 is 0. The summed E-state index contributed by atoms with van der Waals surface area (Å²) in [5.74, 6) is -0.784. The molecule has 1 aromatic rings. The highest BCUT2D eigenvalue weighted by Crippen LogP contribution is 2.25. The summed E-state index contributed by atoms with van der Waals surface area (Å²) in [7, 11) is 0. The highest BCUT2D eigenvalue weighted by molar-refractivity contribution is 5.47. The zero-order valence-electron chi connectivity index (χ0n) is 11.0. The Morgan fingerprint density at radius 2 is 1.72 bits per heavy atom. The van der Waals surface area contributed by atoms with Crippen LogP contribution >= 0.6 is 0 Å². The lowest BCUT2D eigenvalue weighted by molar-refractivity contribution is -0.0338. The Balaban J connectivity index is 2.11. The van der Waals surface area contributed by atoms with Gasteiger partial charge in [0.05, 0.1) is 17.9 Å². The number of nitrogens with one attached hydrogen (secondary N) is 1. The predicted octanol–water partition coefficient (Wildman–Crippen LogP) is 3.64. The molecule has 2 nitrogen and oxygen atoms in total. The minimum atomic E-state index is -0.402. The number of anilines is 1. The molecule has 0 radical (unpaired) electrons. The van der Waals surface area contributed by atoms with Crippen molar-refractivity contribution >= 4 is 5.69 Å². The van der Waals surface area contributed by atoms with Gasteiger partial charge in [0.25, 0.3) is 0 Å². The average Bonchev–Trinajstić information content (AvgIpc) is 2.24. The van der Waals surface area contributed by atoms with Gasteiger partial charge in [-0.15, -0.1) is 0 Å². The summed E-state index contributed by atoms with van der Waals surface area (Å²) < 4.78 is 32.8. The number of rotatable bonds is 2. The summed E-state index contributed by atoms with van der Waals surface area (Å²) in [4.78, 5) is 0. The van der Waals surface area contributed by atoms with Crippen LogP contribution in [0.5, 0.6) is 0 Å². The second-order valence-electron chi connectivity index (χ2n) is 5.15. The lowest BCUT2D eigenvalue weighted by Gasteiger charge is -2.33. The molecule has 0 amide bonds. The van der Waals surface area contributed by atoms with Crippen molar-refractivity contribution in [3.05, 3.63) is 29.3 Å². The van der Waals surface area contributed by atoms with Gasteiger partial charge in [-0.2, -0.15) is 0 Å². The van der Waals surface area contributed by atoms with Crippen molar-refractivity contribution in [3.8, 4) is 0 Å². The summed E-state index contributed by atoms with van der Waals surface area (Å²) in [6, 6.07) is 2.58. The summed E-state index contributed by atoms with van der Waals surface area (Å²) in [5.41, 5.74) is 0.566. The molecule has 2 rings (SSSR count). The van der Waals surface area contributed by atoms with E-state index in [0.717, 1.165) is 12.8 Å². The molecule has 1 N–H and O–H groups in total. The molecule has 18 heavy (non-hydrogen) atoms. The molecule has 0 aromatic heterocycles. The first kappa shape index (κ1) is 13.3. The molecule has 2 atom stereocenters. The van der Waals surface area contributed by atoms with Crippen LogP contribution in [0.25, 0.3) is 0 Å². The van der Waals surface area contributed by atoms with Gasteiger partial charge < -0.3 is 10.1 Å². The van der Waals surface area contributed by atoms with E-state index in [4.69, 9.17) is 4.74 Å². The molecule has 100 valence electrons. The van der Waals surface area contributed by atoms with Crippen molar-refractivity contribution in [2.45, 2.75) is 51.9 Å². The van der Waals surface area contributed by atoms with E-state index in [1.807, 2.05) is 13.8 Å². The SMILES string of the molecule is Cc1cc(F)c(NC2CC(C)OC(C)C2)cc1F. The van der Waals surface area contributed by atoms with E-state index in [1.165, 1.54) is 12.1 Å². The van der Waals surface area contributed by atoms with Crippen LogP contribution in [-0.4, -0.2) is 18.2 Å². The van der Waals surface area contributed by atoms with Gasteiger partial charge in [-0.25, -0.2) is 8.78 Å². The fraction of sp³-hybridized carbons (Fsp3) is 0.571. The Morgan fingerprint density at radius 3 is 2.33 bits per heavy atom. The number of halogens is 2. The number of hydrogen-bond acceptors (Lipinski definition) is 2. The quantitative estimate of drug-likeness (QED) is 0.871. The zero-order chi connectivity index (χ0) is 13.3. The molecule has 0 saturated carbocycles. The number of hydrogen-bond donors (Lipinski definition) is 1. The maximum Gasteiger partial charge on any atom is 0.146 e. The second kappa shape index (κ2) is 5.22. The molecule has 1 aliphatic rings. The van der Waals surface area contributed by atoms with Gasteiger partial charge in [-0.05, 0) is 45.2 Å². The van der Waals surface area contributed by atoms with E-state index in [2.05, 4.69) is 5.32 Å². The third-order valence-corrected chi connectivity index (χ3v) is 3.31. The standard InChI is InChI=1S/C14H19F2NO/c1-8-4-13(16)14(7-12(8)15)17-11-5-9(2)18-10(3)6-11/h4,7,9-11,17H,5-6H2,1-3H3. The Hall–Kier alpha value is -1.16. The van der Waals surface area contributed by atoms with Crippen molar-refractivity contribution < 1.29 is 13.5 Å². The van der Waals surface area contributed by atoms with Crippen molar-refractivity contribution in [3.63, 3.8) is 0 Å². The third-order valence-electron chi connectivity index (χ3n) is 3.31. The second-order valence-corrected chi connectivity index (χ2v) is 5.15. The number of aryl methyl sites for hydroxylation is 1. The molecule has 2 unspecified atom stereocenters. The van der Waals surface area contributed by atoms with E-state index in [9.17, 15) is 8.78 Å². The molecular formula is C14H19F2NO. The molecule has 0 spiro atoms.